The molecule has 5 heteroatoms. The average molecular weight is 338 g/mol. The summed E-state index contributed by atoms with van der Waals surface area (Å²) in [4.78, 5) is 12.2. The number of rotatable bonds is 3. The van der Waals surface area contributed by atoms with E-state index in [1.165, 1.54) is 7.11 Å². The maximum absolute atomic E-state index is 12.2. The van der Waals surface area contributed by atoms with E-state index in [9.17, 15) is 4.79 Å². The molecule has 1 saturated heterocycles. The Morgan fingerprint density at radius 1 is 0.880 bits per heavy atom. The molecule has 25 heavy (non-hydrogen) atoms. The van der Waals surface area contributed by atoms with Crippen LogP contribution in [0, 0.1) is 0 Å². The number of ether oxygens (including phenoxy) is 1. The van der Waals surface area contributed by atoms with Gasteiger partial charge in [0, 0.05) is 0 Å². The van der Waals surface area contributed by atoms with Crippen LogP contribution in [0.2, 0.25) is 0 Å². The number of methoxy groups -OCH3 is 1. The molecule has 1 fully saturated rings. The Hall–Kier alpha value is -2.11. The van der Waals surface area contributed by atoms with Gasteiger partial charge in [0.15, 0.2) is 0 Å². The predicted molar refractivity (Wildman–Crippen MR) is 98.9 cm³/mol. The Labute approximate surface area is 149 Å². The van der Waals surface area contributed by atoms with E-state index in [0.29, 0.717) is 5.56 Å². The molecular weight excluding hydrogens is 315 g/mol. The van der Waals surface area contributed by atoms with Crippen LogP contribution in [0.3, 0.4) is 0 Å². The van der Waals surface area contributed by atoms with E-state index in [4.69, 9.17) is 14.0 Å². The lowest BCUT2D eigenvalue weighted by molar-refractivity contribution is 0.00578. The molecule has 1 aliphatic rings. The van der Waals surface area contributed by atoms with E-state index in [0.717, 1.165) is 16.6 Å². The molecule has 0 atom stereocenters. The van der Waals surface area contributed by atoms with Crippen molar-refractivity contribution in [3.8, 4) is 11.1 Å². The van der Waals surface area contributed by atoms with Gasteiger partial charge in [-0.25, -0.2) is 4.79 Å². The number of carbonyl (C=O) groups is 1. The summed E-state index contributed by atoms with van der Waals surface area (Å²) in [5, 5.41) is 0. The third-order valence-corrected chi connectivity index (χ3v) is 5.09. The predicted octanol–water partition coefficient (Wildman–Crippen LogP) is 3.44. The third kappa shape index (κ3) is 3.10. The molecule has 0 aliphatic carbocycles. The van der Waals surface area contributed by atoms with Gasteiger partial charge in [0.05, 0.1) is 23.9 Å². The largest absolute Gasteiger partial charge is 0.495 e. The molecule has 2 aromatic rings. The maximum Gasteiger partial charge on any atom is 0.495 e. The number of carbonyl (C=O) groups excluding carboxylic acids is 1. The van der Waals surface area contributed by atoms with Crippen molar-refractivity contribution in [1.29, 1.82) is 0 Å². The summed E-state index contributed by atoms with van der Waals surface area (Å²) < 4.78 is 17.3. The van der Waals surface area contributed by atoms with Crippen molar-refractivity contribution in [2.75, 3.05) is 7.11 Å². The minimum atomic E-state index is -0.494. The molecule has 0 radical (unpaired) electrons. The highest BCUT2D eigenvalue weighted by Gasteiger charge is 2.52. The van der Waals surface area contributed by atoms with E-state index in [-0.39, 0.29) is 5.97 Å². The smallest absolute Gasteiger partial charge is 0.465 e. The highest BCUT2D eigenvalue weighted by atomic mass is 16.7. The molecule has 0 aromatic heterocycles. The van der Waals surface area contributed by atoms with Gasteiger partial charge in [0.2, 0.25) is 0 Å². The highest BCUT2D eigenvalue weighted by Crippen LogP contribution is 2.37. The van der Waals surface area contributed by atoms with Crippen LogP contribution in [-0.2, 0) is 14.0 Å². The zero-order valence-corrected chi connectivity index (χ0v) is 15.3. The molecule has 0 saturated carbocycles. The topological polar surface area (TPSA) is 44.8 Å². The Bertz CT molecular complexity index is 782. The Kier molecular flexibility index (Phi) is 4.48. The summed E-state index contributed by atoms with van der Waals surface area (Å²) in [5.41, 5.74) is 2.28. The average Bonchev–Trinajstić information content (AvgIpc) is 2.82. The van der Waals surface area contributed by atoms with Gasteiger partial charge in [0.25, 0.3) is 0 Å². The monoisotopic (exact) mass is 338 g/mol. The first-order chi connectivity index (χ1) is 11.8. The minimum absolute atomic E-state index is 0.362. The summed E-state index contributed by atoms with van der Waals surface area (Å²) >= 11 is 0. The highest BCUT2D eigenvalue weighted by molar-refractivity contribution is 6.64. The first-order valence-electron chi connectivity index (χ1n) is 8.39. The van der Waals surface area contributed by atoms with Gasteiger partial charge in [0.1, 0.15) is 0 Å². The van der Waals surface area contributed by atoms with Crippen LogP contribution in [0.5, 0.6) is 0 Å². The molecule has 1 heterocycles. The summed E-state index contributed by atoms with van der Waals surface area (Å²) in [6.45, 7) is 8.10. The number of hydrogen-bond acceptors (Lipinski definition) is 4. The van der Waals surface area contributed by atoms with Crippen LogP contribution in [0.4, 0.5) is 0 Å². The molecule has 0 N–H and O–H groups in total. The van der Waals surface area contributed by atoms with Crippen LogP contribution >= 0.6 is 0 Å². The molecule has 130 valence electrons. The SMILES string of the molecule is COC(=O)c1ccccc1-c1ccccc1B1OC(C)(C)C(C)(C)O1. The van der Waals surface area contributed by atoms with Gasteiger partial charge >= 0.3 is 13.1 Å². The molecule has 0 unspecified atom stereocenters. The molecule has 0 bridgehead atoms. The zero-order valence-electron chi connectivity index (χ0n) is 15.3. The lowest BCUT2D eigenvalue weighted by Gasteiger charge is -2.32. The van der Waals surface area contributed by atoms with E-state index in [2.05, 4.69) is 0 Å². The number of benzene rings is 2. The standard InChI is InChI=1S/C20H23BO4/c1-19(2)20(3,4)25-21(24-19)17-13-9-8-11-15(17)14-10-6-7-12-16(14)18(22)23-5/h6-13H,1-5H3. The van der Waals surface area contributed by atoms with Crippen LogP contribution in [0.1, 0.15) is 38.1 Å². The van der Waals surface area contributed by atoms with Crippen LogP contribution in [-0.4, -0.2) is 31.4 Å². The summed E-state index contributed by atoms with van der Waals surface area (Å²) in [5.74, 6) is -0.362. The molecule has 2 aromatic carbocycles. The third-order valence-electron chi connectivity index (χ3n) is 5.09. The first kappa shape index (κ1) is 17.7. The maximum atomic E-state index is 12.2. The fourth-order valence-electron chi connectivity index (χ4n) is 2.92. The van der Waals surface area contributed by atoms with Gasteiger partial charge in [-0.1, -0.05) is 42.5 Å². The van der Waals surface area contributed by atoms with Crippen LogP contribution in [0.25, 0.3) is 11.1 Å². The van der Waals surface area contributed by atoms with Crippen molar-refractivity contribution in [2.45, 2.75) is 38.9 Å². The van der Waals surface area contributed by atoms with Crippen molar-refractivity contribution in [1.82, 2.24) is 0 Å². The fourth-order valence-corrected chi connectivity index (χ4v) is 2.92. The van der Waals surface area contributed by atoms with Crippen molar-refractivity contribution < 1.29 is 18.8 Å². The fraction of sp³-hybridized carbons (Fsp3) is 0.350. The van der Waals surface area contributed by atoms with E-state index in [1.807, 2.05) is 70.2 Å². The zero-order chi connectivity index (χ0) is 18.2. The molecule has 1 aliphatic heterocycles. The van der Waals surface area contributed by atoms with E-state index in [1.54, 1.807) is 6.07 Å². The molecule has 4 nitrogen and oxygen atoms in total. The summed E-state index contributed by atoms with van der Waals surface area (Å²) in [6.07, 6.45) is 0. The Morgan fingerprint density at radius 2 is 1.40 bits per heavy atom. The van der Waals surface area contributed by atoms with Gasteiger partial charge in [-0.2, -0.15) is 0 Å². The lowest BCUT2D eigenvalue weighted by atomic mass is 9.74. The van der Waals surface area contributed by atoms with Gasteiger partial charge in [-0.15, -0.1) is 0 Å². The molecule has 0 spiro atoms. The van der Waals surface area contributed by atoms with Crippen molar-refractivity contribution in [2.24, 2.45) is 0 Å². The van der Waals surface area contributed by atoms with Gasteiger partial charge in [-0.3, -0.25) is 0 Å². The van der Waals surface area contributed by atoms with Crippen molar-refractivity contribution in [3.05, 3.63) is 54.1 Å². The second-order valence-electron chi connectivity index (χ2n) is 7.21. The van der Waals surface area contributed by atoms with Crippen molar-refractivity contribution in [3.63, 3.8) is 0 Å². The number of hydrogen-bond donors (Lipinski definition) is 0. The van der Waals surface area contributed by atoms with Crippen molar-refractivity contribution >= 4 is 18.6 Å². The Morgan fingerprint density at radius 3 is 2.00 bits per heavy atom. The van der Waals surface area contributed by atoms with Crippen LogP contribution < -0.4 is 5.46 Å². The van der Waals surface area contributed by atoms with Gasteiger partial charge in [-0.05, 0) is 50.4 Å². The van der Waals surface area contributed by atoms with Gasteiger partial charge < -0.3 is 14.0 Å². The Balaban J connectivity index is 2.09. The second-order valence-corrected chi connectivity index (χ2v) is 7.21. The summed E-state index contributed by atoms with van der Waals surface area (Å²) in [6, 6.07) is 15.3. The molecule has 0 amide bonds. The van der Waals surface area contributed by atoms with E-state index < -0.39 is 18.3 Å². The second kappa shape index (κ2) is 6.32. The molecular formula is C20H23BO4. The quantitative estimate of drug-likeness (QED) is 0.635. The lowest BCUT2D eigenvalue weighted by Crippen LogP contribution is -2.41. The minimum Gasteiger partial charge on any atom is -0.465 e. The summed E-state index contributed by atoms with van der Waals surface area (Å²) in [7, 11) is 0.895. The first-order valence-corrected chi connectivity index (χ1v) is 8.39. The number of esters is 1. The van der Waals surface area contributed by atoms with E-state index >= 15 is 0 Å². The normalized spacial score (nSPS) is 18.2. The van der Waals surface area contributed by atoms with Crippen LogP contribution in [0.15, 0.2) is 48.5 Å². The molecule has 3 rings (SSSR count).